The Morgan fingerprint density at radius 1 is 1.77 bits per heavy atom. The molecular formula is C6H12N6O. The molecule has 0 aliphatic rings. The third kappa shape index (κ3) is 2.32. The number of aromatic amines is 1. The van der Waals surface area contributed by atoms with Gasteiger partial charge in [-0.3, -0.25) is 5.10 Å². The monoisotopic (exact) mass is 184 g/mol. The average Bonchev–Trinajstić information content (AvgIpc) is 2.49. The van der Waals surface area contributed by atoms with E-state index in [1.165, 1.54) is 4.90 Å². The Labute approximate surface area is 75.3 Å². The Hall–Kier alpha value is -1.79. The number of aromatic nitrogens is 3. The normalized spacial score (nSPS) is 11.7. The molecule has 72 valence electrons. The van der Waals surface area contributed by atoms with Crippen LogP contribution in [0.25, 0.3) is 0 Å². The lowest BCUT2D eigenvalue weighted by Crippen LogP contribution is -2.33. The molecule has 0 amide bonds. The standard InChI is InChI=1S/C6H12N6O/c1-4-8-5(10-9-4)3-12(2)6(7)11-13/h13H,3H2,1-2H3,(H2,7,11)(H,8,9,10). The van der Waals surface area contributed by atoms with Gasteiger partial charge in [0.1, 0.15) is 5.82 Å². The molecule has 0 radical (unpaired) electrons. The van der Waals surface area contributed by atoms with E-state index >= 15 is 0 Å². The summed E-state index contributed by atoms with van der Waals surface area (Å²) in [5, 5.41) is 17.8. The first-order valence-corrected chi connectivity index (χ1v) is 3.70. The third-order valence-corrected chi connectivity index (χ3v) is 1.52. The first-order valence-electron chi connectivity index (χ1n) is 3.70. The van der Waals surface area contributed by atoms with E-state index in [1.54, 1.807) is 14.0 Å². The van der Waals surface area contributed by atoms with Gasteiger partial charge >= 0.3 is 0 Å². The van der Waals surface area contributed by atoms with Crippen molar-refractivity contribution in [2.45, 2.75) is 13.5 Å². The van der Waals surface area contributed by atoms with Gasteiger partial charge in [0, 0.05) is 7.05 Å². The van der Waals surface area contributed by atoms with Crippen molar-refractivity contribution < 1.29 is 5.21 Å². The van der Waals surface area contributed by atoms with E-state index in [0.717, 1.165) is 5.82 Å². The molecule has 0 bridgehead atoms. The molecule has 0 unspecified atom stereocenters. The maximum absolute atomic E-state index is 8.36. The van der Waals surface area contributed by atoms with Crippen molar-refractivity contribution in [2.75, 3.05) is 7.05 Å². The maximum Gasteiger partial charge on any atom is 0.233 e. The molecule has 0 fully saturated rings. The molecule has 1 heterocycles. The minimum absolute atomic E-state index is 0.0300. The molecule has 7 nitrogen and oxygen atoms in total. The Bertz CT molecular complexity index is 306. The van der Waals surface area contributed by atoms with Gasteiger partial charge in [-0.15, -0.1) is 0 Å². The highest BCUT2D eigenvalue weighted by molar-refractivity contribution is 5.76. The van der Waals surface area contributed by atoms with Gasteiger partial charge in [-0.05, 0) is 6.92 Å². The number of aryl methyl sites for hydroxylation is 1. The largest absolute Gasteiger partial charge is 0.408 e. The van der Waals surface area contributed by atoms with Gasteiger partial charge in [-0.25, -0.2) is 4.98 Å². The number of hydrogen-bond acceptors (Lipinski definition) is 4. The molecular weight excluding hydrogens is 172 g/mol. The van der Waals surface area contributed by atoms with Crippen molar-refractivity contribution in [1.82, 2.24) is 20.1 Å². The molecule has 0 aliphatic carbocycles. The second-order valence-corrected chi connectivity index (χ2v) is 2.65. The summed E-state index contributed by atoms with van der Waals surface area (Å²) in [5.74, 6) is 1.37. The summed E-state index contributed by atoms with van der Waals surface area (Å²) in [6.45, 7) is 2.21. The van der Waals surface area contributed by atoms with Crippen LogP contribution in [0.5, 0.6) is 0 Å². The van der Waals surface area contributed by atoms with Crippen LogP contribution in [0.1, 0.15) is 11.6 Å². The Morgan fingerprint density at radius 2 is 2.46 bits per heavy atom. The summed E-state index contributed by atoms with van der Waals surface area (Å²) in [4.78, 5) is 5.60. The van der Waals surface area contributed by atoms with Gasteiger partial charge in [0.25, 0.3) is 0 Å². The lowest BCUT2D eigenvalue weighted by atomic mass is 10.5. The average molecular weight is 184 g/mol. The third-order valence-electron chi connectivity index (χ3n) is 1.52. The number of H-pyrrole nitrogens is 1. The van der Waals surface area contributed by atoms with E-state index in [9.17, 15) is 0 Å². The van der Waals surface area contributed by atoms with Crippen molar-refractivity contribution in [3.8, 4) is 0 Å². The molecule has 1 aromatic rings. The zero-order valence-corrected chi connectivity index (χ0v) is 7.52. The molecule has 0 aromatic carbocycles. The van der Waals surface area contributed by atoms with Crippen LogP contribution in [0.2, 0.25) is 0 Å². The highest BCUT2D eigenvalue weighted by Gasteiger charge is 2.06. The maximum atomic E-state index is 8.36. The zero-order chi connectivity index (χ0) is 9.84. The zero-order valence-electron chi connectivity index (χ0n) is 7.52. The van der Waals surface area contributed by atoms with Crippen molar-refractivity contribution in [2.24, 2.45) is 10.9 Å². The van der Waals surface area contributed by atoms with Crippen LogP contribution in [0.3, 0.4) is 0 Å². The Balaban J connectivity index is 2.59. The first-order chi connectivity index (χ1) is 6.13. The summed E-state index contributed by atoms with van der Waals surface area (Å²) in [7, 11) is 1.68. The molecule has 0 saturated carbocycles. The molecule has 1 aromatic heterocycles. The number of nitrogens with zero attached hydrogens (tertiary/aromatic N) is 4. The summed E-state index contributed by atoms with van der Waals surface area (Å²) >= 11 is 0. The minimum Gasteiger partial charge on any atom is -0.408 e. The van der Waals surface area contributed by atoms with Crippen molar-refractivity contribution >= 4 is 5.96 Å². The Kier molecular flexibility index (Phi) is 2.68. The predicted octanol–water partition coefficient (Wildman–Crippen LogP) is -0.751. The van der Waals surface area contributed by atoms with E-state index < -0.39 is 0 Å². The topological polar surface area (TPSA) is 103 Å². The molecule has 7 heteroatoms. The van der Waals surface area contributed by atoms with Gasteiger partial charge in [-0.2, -0.15) is 5.10 Å². The lowest BCUT2D eigenvalue weighted by molar-refractivity contribution is 0.303. The number of guanidine groups is 1. The molecule has 4 N–H and O–H groups in total. The lowest BCUT2D eigenvalue weighted by Gasteiger charge is -2.13. The van der Waals surface area contributed by atoms with Crippen LogP contribution in [-0.2, 0) is 6.54 Å². The molecule has 1 rings (SSSR count). The fraction of sp³-hybridized carbons (Fsp3) is 0.500. The smallest absolute Gasteiger partial charge is 0.233 e. The van der Waals surface area contributed by atoms with Crippen LogP contribution < -0.4 is 5.73 Å². The summed E-state index contributed by atoms with van der Waals surface area (Å²) in [6, 6.07) is 0. The number of oxime groups is 1. The van der Waals surface area contributed by atoms with E-state index in [0.29, 0.717) is 12.4 Å². The van der Waals surface area contributed by atoms with Gasteiger partial charge in [0.2, 0.25) is 5.96 Å². The molecule has 0 saturated heterocycles. The van der Waals surface area contributed by atoms with Crippen LogP contribution in [0, 0.1) is 6.92 Å². The number of nitrogens with two attached hydrogens (primary N) is 1. The molecule has 13 heavy (non-hydrogen) atoms. The highest BCUT2D eigenvalue weighted by atomic mass is 16.4. The number of hydrogen-bond donors (Lipinski definition) is 3. The summed E-state index contributed by atoms with van der Waals surface area (Å²) in [5.41, 5.74) is 5.33. The second-order valence-electron chi connectivity index (χ2n) is 2.65. The van der Waals surface area contributed by atoms with Gasteiger partial charge in [0.05, 0.1) is 6.54 Å². The van der Waals surface area contributed by atoms with Crippen LogP contribution in [0.4, 0.5) is 0 Å². The van der Waals surface area contributed by atoms with E-state index in [-0.39, 0.29) is 5.96 Å². The highest BCUT2D eigenvalue weighted by Crippen LogP contribution is 1.95. The van der Waals surface area contributed by atoms with Gasteiger partial charge in [0.15, 0.2) is 5.82 Å². The molecule has 0 aliphatic heterocycles. The fourth-order valence-corrected chi connectivity index (χ4v) is 0.829. The van der Waals surface area contributed by atoms with Crippen molar-refractivity contribution in [3.63, 3.8) is 0 Å². The first kappa shape index (κ1) is 9.30. The van der Waals surface area contributed by atoms with Crippen LogP contribution >= 0.6 is 0 Å². The summed E-state index contributed by atoms with van der Waals surface area (Å²) < 4.78 is 0. The van der Waals surface area contributed by atoms with Gasteiger partial charge in [-0.1, -0.05) is 5.16 Å². The van der Waals surface area contributed by atoms with E-state index in [4.69, 9.17) is 10.9 Å². The fourth-order valence-electron chi connectivity index (χ4n) is 0.829. The van der Waals surface area contributed by atoms with E-state index in [2.05, 4.69) is 20.3 Å². The van der Waals surface area contributed by atoms with Crippen LogP contribution in [-0.4, -0.2) is 38.3 Å². The Morgan fingerprint density at radius 3 is 2.92 bits per heavy atom. The summed E-state index contributed by atoms with van der Waals surface area (Å²) in [6.07, 6.45) is 0. The predicted molar refractivity (Wildman–Crippen MR) is 46.0 cm³/mol. The second kappa shape index (κ2) is 3.74. The molecule has 0 spiro atoms. The van der Waals surface area contributed by atoms with Crippen molar-refractivity contribution in [3.05, 3.63) is 11.6 Å². The quantitative estimate of drug-likeness (QED) is 0.243. The van der Waals surface area contributed by atoms with Crippen LogP contribution in [0.15, 0.2) is 5.16 Å². The van der Waals surface area contributed by atoms with Crippen molar-refractivity contribution in [1.29, 1.82) is 0 Å². The molecule has 0 atom stereocenters. The number of nitrogens with one attached hydrogen (secondary N) is 1. The SMILES string of the molecule is Cc1nc(CN(C)/C(N)=N/O)n[nH]1. The van der Waals surface area contributed by atoms with E-state index in [1.807, 2.05) is 0 Å². The number of rotatable bonds is 2. The van der Waals surface area contributed by atoms with Gasteiger partial charge < -0.3 is 15.8 Å². The minimum atomic E-state index is 0.0300.